The lowest BCUT2D eigenvalue weighted by Crippen LogP contribution is -2.23. The fourth-order valence-corrected chi connectivity index (χ4v) is 4.65. The Hall–Kier alpha value is -3.72. The van der Waals surface area contributed by atoms with Crippen molar-refractivity contribution in [2.24, 2.45) is 0 Å². The van der Waals surface area contributed by atoms with Crippen LogP contribution in [0.5, 0.6) is 0 Å². The minimum Gasteiger partial charge on any atom is -0.434 e. The maximum absolute atomic E-state index is 13.0. The summed E-state index contributed by atoms with van der Waals surface area (Å²) in [6.45, 7) is 0.649. The number of nitrogens with zero attached hydrogens (tertiary/aromatic N) is 3. The number of carbonyl (C=O) groups excluding carboxylic acids is 1. The number of benzene rings is 2. The fourth-order valence-electron chi connectivity index (χ4n) is 3.57. The van der Waals surface area contributed by atoms with E-state index in [4.69, 9.17) is 4.42 Å². The van der Waals surface area contributed by atoms with Crippen LogP contribution in [0.4, 0.5) is 11.4 Å². The van der Waals surface area contributed by atoms with Crippen molar-refractivity contribution < 1.29 is 17.6 Å². The van der Waals surface area contributed by atoms with Gasteiger partial charge in [0.15, 0.2) is 11.2 Å². The van der Waals surface area contributed by atoms with E-state index in [0.717, 1.165) is 6.42 Å². The van der Waals surface area contributed by atoms with Gasteiger partial charge in [-0.1, -0.05) is 12.1 Å². The summed E-state index contributed by atoms with van der Waals surface area (Å²) in [6.07, 6.45) is 2.94. The summed E-state index contributed by atoms with van der Waals surface area (Å²) < 4.78 is 34.4. The van der Waals surface area contributed by atoms with Gasteiger partial charge in [-0.2, -0.15) is 4.98 Å². The number of nitrogens with one attached hydrogen (secondary N) is 1. The summed E-state index contributed by atoms with van der Waals surface area (Å²) in [5.74, 6) is 0.324. The van der Waals surface area contributed by atoms with Crippen LogP contribution in [0.2, 0.25) is 0 Å². The monoisotopic (exact) mass is 434 g/mol. The van der Waals surface area contributed by atoms with E-state index in [0.29, 0.717) is 41.1 Å². The second-order valence-electron chi connectivity index (χ2n) is 7.14. The Kier molecular flexibility index (Phi) is 4.67. The molecule has 0 unspecified atom stereocenters. The Balaban J connectivity index is 1.45. The Labute approximate surface area is 178 Å². The molecule has 8 nitrogen and oxygen atoms in total. The minimum atomic E-state index is -3.87. The largest absolute Gasteiger partial charge is 0.434 e. The highest BCUT2D eigenvalue weighted by atomic mass is 32.2. The molecule has 4 aromatic rings. The molecule has 0 radical (unpaired) electrons. The standard InChI is InChI=1S/C22H18N4O4S/c27-20-8-4-14-26(20)15-9-11-16(12-10-15)31(28,29)25-18-6-2-1-5-17(18)22-24-21-19(30-22)7-3-13-23-21/h1-3,5-7,9-13,25H,4,8,14H2. The third-order valence-electron chi connectivity index (χ3n) is 5.10. The zero-order valence-electron chi connectivity index (χ0n) is 16.4. The lowest BCUT2D eigenvalue weighted by molar-refractivity contribution is -0.117. The van der Waals surface area contributed by atoms with Crippen LogP contribution >= 0.6 is 0 Å². The van der Waals surface area contributed by atoms with E-state index in [2.05, 4.69) is 14.7 Å². The number of pyridine rings is 1. The predicted molar refractivity (Wildman–Crippen MR) is 116 cm³/mol. The highest BCUT2D eigenvalue weighted by molar-refractivity contribution is 7.92. The van der Waals surface area contributed by atoms with E-state index < -0.39 is 10.0 Å². The van der Waals surface area contributed by atoms with Gasteiger partial charge in [-0.3, -0.25) is 9.52 Å². The lowest BCUT2D eigenvalue weighted by atomic mass is 10.2. The number of rotatable bonds is 5. The molecule has 1 N–H and O–H groups in total. The van der Waals surface area contributed by atoms with Gasteiger partial charge >= 0.3 is 0 Å². The number of para-hydroxylation sites is 1. The van der Waals surface area contributed by atoms with Crippen molar-refractivity contribution in [3.63, 3.8) is 0 Å². The van der Waals surface area contributed by atoms with Gasteiger partial charge in [-0.05, 0) is 55.0 Å². The Morgan fingerprint density at radius 1 is 1.00 bits per heavy atom. The molecule has 2 aromatic heterocycles. The van der Waals surface area contributed by atoms with E-state index in [9.17, 15) is 13.2 Å². The van der Waals surface area contributed by atoms with Crippen LogP contribution in [0.3, 0.4) is 0 Å². The van der Waals surface area contributed by atoms with Gasteiger partial charge in [0.1, 0.15) is 0 Å². The summed E-state index contributed by atoms with van der Waals surface area (Å²) in [4.78, 5) is 22.2. The number of oxazole rings is 1. The molecule has 0 aliphatic carbocycles. The molecule has 0 saturated carbocycles. The van der Waals surface area contributed by atoms with Gasteiger partial charge in [0.2, 0.25) is 11.8 Å². The molecule has 3 heterocycles. The first-order valence-corrected chi connectivity index (χ1v) is 11.2. The first kappa shape index (κ1) is 19.3. The Morgan fingerprint density at radius 2 is 1.81 bits per heavy atom. The van der Waals surface area contributed by atoms with Gasteiger partial charge < -0.3 is 9.32 Å². The first-order chi connectivity index (χ1) is 15.0. The van der Waals surface area contributed by atoms with Gasteiger partial charge in [0.25, 0.3) is 10.0 Å². The third-order valence-corrected chi connectivity index (χ3v) is 6.48. The van der Waals surface area contributed by atoms with Crippen LogP contribution in [0.1, 0.15) is 12.8 Å². The molecular formula is C22H18N4O4S. The lowest BCUT2D eigenvalue weighted by Gasteiger charge is -2.16. The quantitative estimate of drug-likeness (QED) is 0.512. The SMILES string of the molecule is O=C1CCCN1c1ccc(S(=O)(=O)Nc2ccccc2-c2nc3ncccc3o2)cc1. The summed E-state index contributed by atoms with van der Waals surface area (Å²) >= 11 is 0. The van der Waals surface area contributed by atoms with E-state index in [1.807, 2.05) is 0 Å². The number of fused-ring (bicyclic) bond motifs is 1. The van der Waals surface area contributed by atoms with Gasteiger partial charge in [0, 0.05) is 24.8 Å². The maximum atomic E-state index is 13.0. The van der Waals surface area contributed by atoms with E-state index in [1.165, 1.54) is 12.1 Å². The topological polar surface area (TPSA) is 105 Å². The highest BCUT2D eigenvalue weighted by Crippen LogP contribution is 2.31. The average molecular weight is 434 g/mol. The van der Waals surface area contributed by atoms with E-state index in [1.54, 1.807) is 59.6 Å². The smallest absolute Gasteiger partial charge is 0.261 e. The fraction of sp³-hybridized carbons (Fsp3) is 0.136. The normalized spacial score (nSPS) is 14.3. The summed E-state index contributed by atoms with van der Waals surface area (Å²) in [5, 5.41) is 0. The predicted octanol–water partition coefficient (Wildman–Crippen LogP) is 3.82. The molecule has 1 amide bonds. The Bertz CT molecular complexity index is 1350. The number of anilines is 2. The molecule has 0 atom stereocenters. The number of amides is 1. The molecule has 1 aliphatic heterocycles. The van der Waals surface area contributed by atoms with Crippen LogP contribution in [0.25, 0.3) is 22.7 Å². The number of carbonyl (C=O) groups is 1. The molecule has 0 spiro atoms. The second-order valence-corrected chi connectivity index (χ2v) is 8.82. The third kappa shape index (κ3) is 3.64. The summed E-state index contributed by atoms with van der Waals surface area (Å²) in [7, 11) is -3.87. The van der Waals surface area contributed by atoms with Crippen molar-refractivity contribution >= 4 is 38.5 Å². The molecule has 31 heavy (non-hydrogen) atoms. The van der Waals surface area contributed by atoms with Crippen LogP contribution in [-0.2, 0) is 14.8 Å². The molecule has 1 fully saturated rings. The second kappa shape index (κ2) is 7.51. The van der Waals surface area contributed by atoms with Crippen molar-refractivity contribution in [1.29, 1.82) is 0 Å². The molecule has 1 aliphatic rings. The minimum absolute atomic E-state index is 0.0514. The molecule has 9 heteroatoms. The van der Waals surface area contributed by atoms with Crippen molar-refractivity contribution in [2.75, 3.05) is 16.2 Å². The molecule has 0 bridgehead atoms. The van der Waals surface area contributed by atoms with Crippen molar-refractivity contribution in [3.05, 3.63) is 66.9 Å². The maximum Gasteiger partial charge on any atom is 0.261 e. The van der Waals surface area contributed by atoms with Crippen molar-refractivity contribution in [3.8, 4) is 11.5 Å². The van der Waals surface area contributed by atoms with Crippen LogP contribution in [0.15, 0.2) is 76.2 Å². The highest BCUT2D eigenvalue weighted by Gasteiger charge is 2.23. The molecule has 156 valence electrons. The van der Waals surface area contributed by atoms with E-state index >= 15 is 0 Å². The summed E-state index contributed by atoms with van der Waals surface area (Å²) in [5.41, 5.74) is 2.50. The summed E-state index contributed by atoms with van der Waals surface area (Å²) in [6, 6.07) is 16.7. The number of aromatic nitrogens is 2. The van der Waals surface area contributed by atoms with Crippen LogP contribution in [-0.4, -0.2) is 30.8 Å². The van der Waals surface area contributed by atoms with Crippen LogP contribution < -0.4 is 9.62 Å². The Morgan fingerprint density at radius 3 is 2.55 bits per heavy atom. The number of hydrogen-bond acceptors (Lipinski definition) is 6. The zero-order valence-corrected chi connectivity index (χ0v) is 17.2. The molecule has 1 saturated heterocycles. The first-order valence-electron chi connectivity index (χ1n) is 9.75. The number of hydrogen-bond donors (Lipinski definition) is 1. The van der Waals surface area contributed by atoms with Crippen LogP contribution in [0, 0.1) is 0 Å². The average Bonchev–Trinajstić information content (AvgIpc) is 3.40. The zero-order chi connectivity index (χ0) is 21.4. The van der Waals surface area contributed by atoms with Gasteiger partial charge in [-0.15, -0.1) is 0 Å². The molecule has 2 aromatic carbocycles. The molecular weight excluding hydrogens is 416 g/mol. The van der Waals surface area contributed by atoms with Crippen molar-refractivity contribution in [1.82, 2.24) is 9.97 Å². The van der Waals surface area contributed by atoms with E-state index in [-0.39, 0.29) is 16.7 Å². The number of sulfonamides is 1. The van der Waals surface area contributed by atoms with Crippen molar-refractivity contribution in [2.45, 2.75) is 17.7 Å². The molecule has 5 rings (SSSR count). The van der Waals surface area contributed by atoms with Gasteiger partial charge in [0.05, 0.1) is 16.1 Å². The van der Waals surface area contributed by atoms with Gasteiger partial charge in [-0.25, -0.2) is 13.4 Å².